The lowest BCUT2D eigenvalue weighted by atomic mass is 10.0. The lowest BCUT2D eigenvalue weighted by Crippen LogP contribution is -2.40. The van der Waals surface area contributed by atoms with E-state index in [4.69, 9.17) is 21.2 Å². The number of likely N-dealkylation sites (tertiary alicyclic amines) is 1. The van der Waals surface area contributed by atoms with Crippen LogP contribution in [-0.4, -0.2) is 53.9 Å². The predicted octanol–water partition coefficient (Wildman–Crippen LogP) is 4.67. The first kappa shape index (κ1) is 24.8. The van der Waals surface area contributed by atoms with E-state index in [1.165, 1.54) is 12.1 Å². The zero-order valence-corrected chi connectivity index (χ0v) is 19.7. The summed E-state index contributed by atoms with van der Waals surface area (Å²) in [4.78, 5) is 32.3. The number of benzene rings is 1. The van der Waals surface area contributed by atoms with Crippen LogP contribution in [0.1, 0.15) is 54.9 Å². The van der Waals surface area contributed by atoms with Crippen LogP contribution >= 0.6 is 11.6 Å². The predicted molar refractivity (Wildman–Crippen MR) is 128 cm³/mol. The summed E-state index contributed by atoms with van der Waals surface area (Å²) in [6.45, 7) is 3.70. The van der Waals surface area contributed by atoms with Crippen LogP contribution in [0.25, 0.3) is 0 Å². The SMILES string of the molecule is CC1CCCN(C(=O)CO/N=C2\C=C\CC/C=C/CCOC(=O)c3ccc(O)c(Cl)c3C2)C1. The minimum Gasteiger partial charge on any atom is -0.506 e. The maximum Gasteiger partial charge on any atom is 0.338 e. The maximum atomic E-state index is 12.6. The second-order valence-corrected chi connectivity index (χ2v) is 8.80. The quantitative estimate of drug-likeness (QED) is 0.390. The number of aromatic hydroxyl groups is 1. The van der Waals surface area contributed by atoms with Gasteiger partial charge in [-0.3, -0.25) is 4.79 Å². The summed E-state index contributed by atoms with van der Waals surface area (Å²) in [6.07, 6.45) is 12.3. The van der Waals surface area contributed by atoms with Crippen molar-refractivity contribution in [3.63, 3.8) is 0 Å². The number of rotatable bonds is 3. The molecule has 1 aromatic rings. The zero-order chi connectivity index (χ0) is 23.6. The summed E-state index contributed by atoms with van der Waals surface area (Å²) in [6, 6.07) is 2.86. The third-order valence-electron chi connectivity index (χ3n) is 5.67. The minimum atomic E-state index is -0.518. The Morgan fingerprint density at radius 3 is 2.88 bits per heavy atom. The Hall–Kier alpha value is -2.80. The Labute approximate surface area is 199 Å². The molecular weight excluding hydrogens is 444 g/mol. The molecule has 0 aliphatic carbocycles. The number of esters is 1. The highest BCUT2D eigenvalue weighted by Gasteiger charge is 2.22. The van der Waals surface area contributed by atoms with Crippen molar-refractivity contribution in [2.24, 2.45) is 11.1 Å². The van der Waals surface area contributed by atoms with Crippen LogP contribution in [0.5, 0.6) is 5.75 Å². The molecule has 1 atom stereocenters. The largest absolute Gasteiger partial charge is 0.506 e. The van der Waals surface area contributed by atoms with Gasteiger partial charge in [0.1, 0.15) is 5.75 Å². The summed E-state index contributed by atoms with van der Waals surface area (Å²) in [5, 5.41) is 14.3. The van der Waals surface area contributed by atoms with Crippen molar-refractivity contribution in [2.45, 2.75) is 45.4 Å². The van der Waals surface area contributed by atoms with Crippen LogP contribution in [0.2, 0.25) is 5.02 Å². The van der Waals surface area contributed by atoms with Crippen LogP contribution in [0.15, 0.2) is 41.6 Å². The summed E-state index contributed by atoms with van der Waals surface area (Å²) in [5.74, 6) is -0.265. The Kier molecular flexibility index (Phi) is 9.36. The molecule has 1 amide bonds. The number of nitrogens with zero attached hydrogens (tertiary/aromatic N) is 2. The highest BCUT2D eigenvalue weighted by atomic mass is 35.5. The Morgan fingerprint density at radius 2 is 2.06 bits per heavy atom. The average Bonchev–Trinajstić information content (AvgIpc) is 2.80. The lowest BCUT2D eigenvalue weighted by molar-refractivity contribution is -0.137. The molecule has 0 radical (unpaired) electrons. The van der Waals surface area contributed by atoms with Crippen LogP contribution in [0.3, 0.4) is 0 Å². The highest BCUT2D eigenvalue weighted by Crippen LogP contribution is 2.31. The Morgan fingerprint density at radius 1 is 1.27 bits per heavy atom. The first-order valence-corrected chi connectivity index (χ1v) is 11.8. The Bertz CT molecular complexity index is 941. The van der Waals surface area contributed by atoms with Crippen molar-refractivity contribution >= 4 is 29.2 Å². The van der Waals surface area contributed by atoms with Gasteiger partial charge < -0.3 is 19.6 Å². The topological polar surface area (TPSA) is 88.4 Å². The molecule has 1 N–H and O–H groups in total. The minimum absolute atomic E-state index is 0.0657. The lowest BCUT2D eigenvalue weighted by Gasteiger charge is -2.30. The van der Waals surface area contributed by atoms with Gasteiger partial charge in [-0.05, 0) is 61.8 Å². The monoisotopic (exact) mass is 474 g/mol. The number of hydrogen-bond donors (Lipinski definition) is 1. The maximum absolute atomic E-state index is 12.6. The van der Waals surface area contributed by atoms with Gasteiger partial charge in [0.25, 0.3) is 5.91 Å². The molecule has 0 saturated carbocycles. The highest BCUT2D eigenvalue weighted by molar-refractivity contribution is 6.33. The van der Waals surface area contributed by atoms with Gasteiger partial charge in [0.05, 0.1) is 22.9 Å². The fourth-order valence-corrected chi connectivity index (χ4v) is 4.13. The number of amides is 1. The molecule has 2 aliphatic heterocycles. The molecule has 7 nitrogen and oxygen atoms in total. The standard InChI is InChI=1S/C25H31ClN2O5/c1-18-9-8-13-28(16-18)23(30)17-33-27-19-10-6-4-2-3-5-7-14-32-25(31)20-11-12-22(29)24(26)21(20)15-19/h3,5-6,10-12,18,29H,2,4,7-9,13-17H2,1H3/b5-3+,10-6+,27-19+. The summed E-state index contributed by atoms with van der Waals surface area (Å²) < 4.78 is 5.36. The van der Waals surface area contributed by atoms with Crippen LogP contribution in [0, 0.1) is 5.92 Å². The van der Waals surface area contributed by atoms with Crippen molar-refractivity contribution in [1.29, 1.82) is 0 Å². The van der Waals surface area contributed by atoms with Gasteiger partial charge in [-0.25, -0.2) is 4.79 Å². The van der Waals surface area contributed by atoms with Gasteiger partial charge in [-0.2, -0.15) is 0 Å². The Balaban J connectivity index is 1.80. The molecule has 33 heavy (non-hydrogen) atoms. The number of cyclic esters (lactones) is 1. The van der Waals surface area contributed by atoms with Crippen molar-refractivity contribution in [3.05, 3.63) is 52.6 Å². The van der Waals surface area contributed by atoms with E-state index in [0.29, 0.717) is 23.6 Å². The van der Waals surface area contributed by atoms with Gasteiger partial charge in [0, 0.05) is 19.5 Å². The number of carbonyl (C=O) groups is 2. The molecule has 1 saturated heterocycles. The molecule has 0 spiro atoms. The number of piperidine rings is 1. The molecule has 0 aromatic heterocycles. The number of ether oxygens (including phenoxy) is 1. The molecule has 1 fully saturated rings. The van der Waals surface area contributed by atoms with E-state index in [9.17, 15) is 14.7 Å². The number of hydrogen-bond acceptors (Lipinski definition) is 6. The van der Waals surface area contributed by atoms with Gasteiger partial charge in [-0.1, -0.05) is 41.9 Å². The smallest absolute Gasteiger partial charge is 0.338 e. The second kappa shape index (κ2) is 12.4. The molecule has 8 heteroatoms. The van der Waals surface area contributed by atoms with E-state index in [-0.39, 0.29) is 41.9 Å². The van der Waals surface area contributed by atoms with E-state index in [1.54, 1.807) is 6.08 Å². The molecule has 3 rings (SSSR count). The summed E-state index contributed by atoms with van der Waals surface area (Å²) in [5.41, 5.74) is 1.15. The average molecular weight is 475 g/mol. The number of allylic oxidation sites excluding steroid dienone is 3. The van der Waals surface area contributed by atoms with Crippen molar-refractivity contribution in [3.8, 4) is 5.75 Å². The van der Waals surface area contributed by atoms with E-state index < -0.39 is 5.97 Å². The van der Waals surface area contributed by atoms with Crippen LogP contribution in [0.4, 0.5) is 0 Å². The molecule has 0 bridgehead atoms. The van der Waals surface area contributed by atoms with Crippen molar-refractivity contribution < 1.29 is 24.3 Å². The number of phenols is 1. The van der Waals surface area contributed by atoms with Crippen molar-refractivity contribution in [1.82, 2.24) is 4.90 Å². The van der Waals surface area contributed by atoms with Crippen LogP contribution in [-0.2, 0) is 20.8 Å². The number of oxime groups is 1. The third-order valence-corrected chi connectivity index (χ3v) is 6.10. The summed E-state index contributed by atoms with van der Waals surface area (Å²) >= 11 is 6.34. The second-order valence-electron chi connectivity index (χ2n) is 8.42. The number of carbonyl (C=O) groups excluding carboxylic acids is 2. The molecule has 2 aliphatic rings. The first-order chi connectivity index (χ1) is 16.0. The first-order valence-electron chi connectivity index (χ1n) is 11.4. The van der Waals surface area contributed by atoms with Gasteiger partial charge in [-0.15, -0.1) is 0 Å². The fraction of sp³-hybridized carbons (Fsp3) is 0.480. The van der Waals surface area contributed by atoms with E-state index in [0.717, 1.165) is 38.8 Å². The number of phenolic OH excluding ortho intramolecular Hbond substituents is 1. The molecular formula is C25H31ClN2O5. The molecule has 2 heterocycles. The zero-order valence-electron chi connectivity index (χ0n) is 19.0. The van der Waals surface area contributed by atoms with Crippen molar-refractivity contribution in [2.75, 3.05) is 26.3 Å². The normalized spacial score (nSPS) is 23.2. The number of halogens is 1. The molecule has 1 aromatic carbocycles. The third kappa shape index (κ3) is 7.35. The number of fused-ring (bicyclic) bond motifs is 1. The molecule has 1 unspecified atom stereocenters. The van der Waals surface area contributed by atoms with E-state index in [2.05, 4.69) is 12.1 Å². The van der Waals surface area contributed by atoms with Crippen LogP contribution < -0.4 is 0 Å². The molecule has 178 valence electrons. The van der Waals surface area contributed by atoms with E-state index in [1.807, 2.05) is 23.1 Å². The van der Waals surface area contributed by atoms with E-state index >= 15 is 0 Å². The fourth-order valence-electron chi connectivity index (χ4n) is 3.90. The summed E-state index contributed by atoms with van der Waals surface area (Å²) in [7, 11) is 0. The van der Waals surface area contributed by atoms with Gasteiger partial charge in [0.2, 0.25) is 0 Å². The van der Waals surface area contributed by atoms with Gasteiger partial charge in [0.15, 0.2) is 6.61 Å². The van der Waals surface area contributed by atoms with Gasteiger partial charge >= 0.3 is 5.97 Å².